The van der Waals surface area contributed by atoms with E-state index in [-0.39, 0.29) is 11.3 Å². The zero-order valence-electron chi connectivity index (χ0n) is 8.16. The molecule has 2 nitrogen and oxygen atoms in total. The van der Waals surface area contributed by atoms with Gasteiger partial charge in [-0.15, -0.1) is 0 Å². The van der Waals surface area contributed by atoms with E-state index < -0.39 is 5.97 Å². The molecule has 0 amide bonds. The van der Waals surface area contributed by atoms with Crippen molar-refractivity contribution < 1.29 is 9.90 Å². The molecule has 0 radical (unpaired) electrons. The van der Waals surface area contributed by atoms with Crippen LogP contribution in [0.25, 0.3) is 0 Å². The highest BCUT2D eigenvalue weighted by atomic mass is 35.5. The quantitative estimate of drug-likeness (QED) is 0.793. The Labute approximate surface area is 92.9 Å². The molecule has 2 aliphatic carbocycles. The first-order valence-corrected chi connectivity index (χ1v) is 5.53. The molecule has 1 saturated carbocycles. The fourth-order valence-corrected chi connectivity index (χ4v) is 3.04. The molecular weight excluding hydrogens is 212 g/mol. The van der Waals surface area contributed by atoms with Crippen LogP contribution in [0.1, 0.15) is 24.0 Å². The molecule has 1 atom stereocenters. The lowest BCUT2D eigenvalue weighted by atomic mass is 9.89. The average molecular weight is 223 g/mol. The SMILES string of the molecule is O=C(O)C1Cc2ccc(Cl)cc2C12CC2. The Bertz CT molecular complexity index is 449. The smallest absolute Gasteiger partial charge is 0.307 e. The molecule has 0 saturated heterocycles. The fraction of sp³-hybridized carbons (Fsp3) is 0.417. The summed E-state index contributed by atoms with van der Waals surface area (Å²) in [5.74, 6) is -0.897. The predicted molar refractivity (Wildman–Crippen MR) is 57.2 cm³/mol. The topological polar surface area (TPSA) is 37.3 Å². The lowest BCUT2D eigenvalue weighted by Crippen LogP contribution is -2.24. The molecule has 0 aliphatic heterocycles. The molecular formula is C12H11ClO2. The van der Waals surface area contributed by atoms with Crippen LogP contribution in [-0.4, -0.2) is 11.1 Å². The van der Waals surface area contributed by atoms with Gasteiger partial charge in [-0.05, 0) is 42.5 Å². The van der Waals surface area contributed by atoms with E-state index in [1.165, 1.54) is 11.1 Å². The summed E-state index contributed by atoms with van der Waals surface area (Å²) in [6, 6.07) is 5.77. The van der Waals surface area contributed by atoms with Crippen LogP contribution in [-0.2, 0) is 16.6 Å². The monoisotopic (exact) mass is 222 g/mol. The second kappa shape index (κ2) is 2.76. The lowest BCUT2D eigenvalue weighted by Gasteiger charge is -2.14. The Morgan fingerprint density at radius 3 is 2.80 bits per heavy atom. The normalized spacial score (nSPS) is 25.3. The summed E-state index contributed by atoms with van der Waals surface area (Å²) in [6.45, 7) is 0. The van der Waals surface area contributed by atoms with Crippen molar-refractivity contribution in [3.05, 3.63) is 34.3 Å². The number of hydrogen-bond donors (Lipinski definition) is 1. The van der Waals surface area contributed by atoms with E-state index in [9.17, 15) is 9.90 Å². The van der Waals surface area contributed by atoms with Crippen LogP contribution in [0.15, 0.2) is 18.2 Å². The number of benzene rings is 1. The standard InChI is InChI=1S/C12H11ClO2/c13-8-2-1-7-5-10(11(14)15)12(3-4-12)9(7)6-8/h1-2,6,10H,3-5H2,(H,14,15). The highest BCUT2D eigenvalue weighted by Gasteiger charge is 2.58. The molecule has 0 aromatic heterocycles. The fourth-order valence-electron chi connectivity index (χ4n) is 2.87. The van der Waals surface area contributed by atoms with Crippen LogP contribution in [0.5, 0.6) is 0 Å². The van der Waals surface area contributed by atoms with E-state index in [0.717, 1.165) is 12.8 Å². The van der Waals surface area contributed by atoms with E-state index in [0.29, 0.717) is 11.4 Å². The van der Waals surface area contributed by atoms with Crippen molar-refractivity contribution in [2.24, 2.45) is 5.92 Å². The Hall–Kier alpha value is -1.02. The number of hydrogen-bond acceptors (Lipinski definition) is 1. The minimum absolute atomic E-state index is 0.0773. The zero-order valence-corrected chi connectivity index (χ0v) is 8.92. The van der Waals surface area contributed by atoms with Gasteiger partial charge < -0.3 is 5.11 Å². The Kier molecular flexibility index (Phi) is 1.70. The van der Waals surface area contributed by atoms with Gasteiger partial charge in [0.15, 0.2) is 0 Å². The van der Waals surface area contributed by atoms with Gasteiger partial charge in [0.25, 0.3) is 0 Å². The van der Waals surface area contributed by atoms with E-state index in [4.69, 9.17) is 11.6 Å². The third-order valence-electron chi connectivity index (χ3n) is 3.79. The van der Waals surface area contributed by atoms with Crippen molar-refractivity contribution in [1.29, 1.82) is 0 Å². The number of aliphatic carboxylic acids is 1. The van der Waals surface area contributed by atoms with Crippen molar-refractivity contribution >= 4 is 17.6 Å². The largest absolute Gasteiger partial charge is 0.481 e. The van der Waals surface area contributed by atoms with Crippen LogP contribution in [0.4, 0.5) is 0 Å². The van der Waals surface area contributed by atoms with Crippen molar-refractivity contribution in [3.63, 3.8) is 0 Å². The molecule has 1 N–H and O–H groups in total. The summed E-state index contributed by atoms with van der Waals surface area (Å²) < 4.78 is 0. The highest BCUT2D eigenvalue weighted by molar-refractivity contribution is 6.30. The third kappa shape index (κ3) is 1.14. The first-order valence-electron chi connectivity index (χ1n) is 5.15. The van der Waals surface area contributed by atoms with Gasteiger partial charge in [-0.3, -0.25) is 4.79 Å². The molecule has 0 heterocycles. The number of carboxylic acids is 1. The van der Waals surface area contributed by atoms with Crippen molar-refractivity contribution in [2.45, 2.75) is 24.7 Å². The van der Waals surface area contributed by atoms with Crippen molar-refractivity contribution in [1.82, 2.24) is 0 Å². The van der Waals surface area contributed by atoms with Crippen LogP contribution in [0.3, 0.4) is 0 Å². The molecule has 15 heavy (non-hydrogen) atoms. The molecule has 1 aromatic rings. The summed E-state index contributed by atoms with van der Waals surface area (Å²) in [6.07, 6.45) is 2.66. The van der Waals surface area contributed by atoms with Gasteiger partial charge in [-0.25, -0.2) is 0 Å². The van der Waals surface area contributed by atoms with Crippen LogP contribution < -0.4 is 0 Å². The zero-order chi connectivity index (χ0) is 10.6. The second-order valence-electron chi connectivity index (χ2n) is 4.55. The molecule has 1 aromatic carbocycles. The van der Waals surface area contributed by atoms with Crippen LogP contribution in [0, 0.1) is 5.92 Å². The van der Waals surface area contributed by atoms with E-state index in [1.54, 1.807) is 0 Å². The van der Waals surface area contributed by atoms with Gasteiger partial charge in [0.05, 0.1) is 5.92 Å². The molecule has 1 fully saturated rings. The summed E-state index contributed by atoms with van der Waals surface area (Å²) in [5, 5.41) is 9.91. The molecule has 1 unspecified atom stereocenters. The van der Waals surface area contributed by atoms with Gasteiger partial charge in [-0.2, -0.15) is 0 Å². The van der Waals surface area contributed by atoms with E-state index >= 15 is 0 Å². The van der Waals surface area contributed by atoms with E-state index in [1.807, 2.05) is 18.2 Å². The highest BCUT2D eigenvalue weighted by Crippen LogP contribution is 2.60. The van der Waals surface area contributed by atoms with Crippen molar-refractivity contribution in [2.75, 3.05) is 0 Å². The molecule has 2 aliphatic rings. The van der Waals surface area contributed by atoms with Gasteiger partial charge in [0.2, 0.25) is 0 Å². The number of rotatable bonds is 1. The first kappa shape index (κ1) is 9.22. The molecule has 78 valence electrons. The van der Waals surface area contributed by atoms with Crippen molar-refractivity contribution in [3.8, 4) is 0 Å². The third-order valence-corrected chi connectivity index (χ3v) is 4.02. The maximum Gasteiger partial charge on any atom is 0.307 e. The maximum absolute atomic E-state index is 11.2. The minimum Gasteiger partial charge on any atom is -0.481 e. The molecule has 0 bridgehead atoms. The Balaban J connectivity index is 2.12. The number of carbonyl (C=O) groups is 1. The number of carboxylic acid groups (broad SMARTS) is 1. The molecule has 3 rings (SSSR count). The second-order valence-corrected chi connectivity index (χ2v) is 4.99. The molecule has 3 heteroatoms. The summed E-state index contributed by atoms with van der Waals surface area (Å²) in [4.78, 5) is 11.2. The Morgan fingerprint density at radius 1 is 1.47 bits per heavy atom. The van der Waals surface area contributed by atoms with Crippen LogP contribution in [0.2, 0.25) is 5.02 Å². The average Bonchev–Trinajstić information content (AvgIpc) is 2.88. The van der Waals surface area contributed by atoms with Gasteiger partial charge in [0.1, 0.15) is 0 Å². The van der Waals surface area contributed by atoms with Gasteiger partial charge >= 0.3 is 5.97 Å². The predicted octanol–water partition coefficient (Wildman–Crippen LogP) is 2.63. The van der Waals surface area contributed by atoms with Crippen LogP contribution >= 0.6 is 11.6 Å². The maximum atomic E-state index is 11.2. The minimum atomic E-state index is -0.667. The molecule has 1 spiro atoms. The van der Waals surface area contributed by atoms with Gasteiger partial charge in [0, 0.05) is 10.4 Å². The first-order chi connectivity index (χ1) is 7.13. The van der Waals surface area contributed by atoms with Gasteiger partial charge in [-0.1, -0.05) is 17.7 Å². The lowest BCUT2D eigenvalue weighted by molar-refractivity contribution is -0.142. The van der Waals surface area contributed by atoms with E-state index in [2.05, 4.69) is 0 Å². The summed E-state index contributed by atoms with van der Waals surface area (Å²) in [5.41, 5.74) is 2.28. The summed E-state index contributed by atoms with van der Waals surface area (Å²) >= 11 is 5.96. The Morgan fingerprint density at radius 2 is 2.20 bits per heavy atom. The summed E-state index contributed by atoms with van der Waals surface area (Å²) in [7, 11) is 0. The number of halogens is 1. The number of fused-ring (bicyclic) bond motifs is 2.